The minimum atomic E-state index is 0.449. The van der Waals surface area contributed by atoms with Gasteiger partial charge in [0.05, 0.1) is 10.7 Å². The zero-order valence-electron chi connectivity index (χ0n) is 7.81. The molecule has 1 aromatic carbocycles. The quantitative estimate of drug-likeness (QED) is 0.942. The van der Waals surface area contributed by atoms with Crippen molar-refractivity contribution in [3.05, 3.63) is 39.9 Å². The van der Waals surface area contributed by atoms with Crippen molar-refractivity contribution in [1.82, 2.24) is 4.98 Å². The summed E-state index contributed by atoms with van der Waals surface area (Å²) in [4.78, 5) is 4.11. The number of rotatable bonds is 3. The lowest BCUT2D eigenvalue weighted by Gasteiger charge is -2.05. The molecule has 0 spiro atoms. The Kier molecular flexibility index (Phi) is 3.23. The highest BCUT2D eigenvalue weighted by Crippen LogP contribution is 2.25. The van der Waals surface area contributed by atoms with Crippen LogP contribution in [0.5, 0.6) is 5.75 Å². The molecule has 2 aromatic rings. The zero-order chi connectivity index (χ0) is 10.7. The van der Waals surface area contributed by atoms with Gasteiger partial charge in [0.25, 0.3) is 0 Å². The number of para-hydroxylation sites is 1. The van der Waals surface area contributed by atoms with E-state index in [2.05, 4.69) is 20.9 Å². The number of aromatic nitrogens is 1. The number of hydrogen-bond donors (Lipinski definition) is 1. The summed E-state index contributed by atoms with van der Waals surface area (Å²) < 4.78 is 6.52. The van der Waals surface area contributed by atoms with Gasteiger partial charge in [-0.2, -0.15) is 0 Å². The number of anilines is 1. The van der Waals surface area contributed by atoms with E-state index in [1.54, 1.807) is 6.20 Å². The number of thiazole rings is 1. The summed E-state index contributed by atoms with van der Waals surface area (Å²) in [5.74, 6) is 0.811. The van der Waals surface area contributed by atoms with Crippen molar-refractivity contribution >= 4 is 32.3 Å². The molecule has 2 rings (SSSR count). The molecule has 2 N–H and O–H groups in total. The number of hydrogen-bond acceptors (Lipinski definition) is 4. The smallest absolute Gasteiger partial charge is 0.140 e. The maximum absolute atomic E-state index is 5.58. The second-order valence-electron chi connectivity index (χ2n) is 2.88. The normalized spacial score (nSPS) is 10.2. The molecule has 78 valence electrons. The lowest BCUT2D eigenvalue weighted by Crippen LogP contribution is -1.94. The van der Waals surface area contributed by atoms with Crippen molar-refractivity contribution in [2.45, 2.75) is 6.61 Å². The predicted octanol–water partition coefficient (Wildman–Crippen LogP) is 3.07. The van der Waals surface area contributed by atoms with Gasteiger partial charge in [0.15, 0.2) is 0 Å². The minimum absolute atomic E-state index is 0.449. The monoisotopic (exact) mass is 284 g/mol. The van der Waals surface area contributed by atoms with Gasteiger partial charge in [0.1, 0.15) is 22.4 Å². The molecule has 0 saturated heterocycles. The van der Waals surface area contributed by atoms with Crippen LogP contribution < -0.4 is 10.5 Å². The lowest BCUT2D eigenvalue weighted by molar-refractivity contribution is 0.303. The summed E-state index contributed by atoms with van der Waals surface area (Å²) in [6.45, 7) is 0.449. The molecular formula is C10H9BrN2OS. The van der Waals surface area contributed by atoms with Crippen LogP contribution in [0.25, 0.3) is 0 Å². The van der Waals surface area contributed by atoms with Crippen molar-refractivity contribution in [2.24, 2.45) is 0 Å². The van der Waals surface area contributed by atoms with Crippen LogP contribution in [0.1, 0.15) is 5.01 Å². The summed E-state index contributed by atoms with van der Waals surface area (Å²) in [6, 6.07) is 7.71. The Morgan fingerprint density at radius 3 is 2.87 bits per heavy atom. The number of ether oxygens (including phenoxy) is 1. The van der Waals surface area contributed by atoms with Crippen LogP contribution >= 0.6 is 27.3 Å². The van der Waals surface area contributed by atoms with E-state index in [9.17, 15) is 0 Å². The van der Waals surface area contributed by atoms with Crippen LogP contribution in [0, 0.1) is 0 Å². The highest BCUT2D eigenvalue weighted by atomic mass is 79.9. The second-order valence-corrected chi connectivity index (χ2v) is 4.88. The molecule has 0 aliphatic rings. The molecular weight excluding hydrogens is 276 g/mol. The molecule has 0 amide bonds. The molecule has 0 unspecified atom stereocenters. The Bertz CT molecular complexity index is 458. The third-order valence-electron chi connectivity index (χ3n) is 1.76. The summed E-state index contributed by atoms with van der Waals surface area (Å²) in [5, 5.41) is 1.59. The molecule has 15 heavy (non-hydrogen) atoms. The van der Waals surface area contributed by atoms with Gasteiger partial charge in [-0.1, -0.05) is 23.5 Å². The SMILES string of the molecule is Nc1cnc(COc2ccccc2Br)s1. The molecule has 0 radical (unpaired) electrons. The Morgan fingerprint density at radius 1 is 1.40 bits per heavy atom. The highest BCUT2D eigenvalue weighted by molar-refractivity contribution is 9.10. The first-order chi connectivity index (χ1) is 7.25. The van der Waals surface area contributed by atoms with Crippen LogP contribution in [0.4, 0.5) is 5.00 Å². The first kappa shape index (κ1) is 10.4. The molecule has 0 saturated carbocycles. The number of nitrogens with two attached hydrogens (primary N) is 1. The molecule has 0 aliphatic heterocycles. The summed E-state index contributed by atoms with van der Waals surface area (Å²) in [5.41, 5.74) is 5.57. The van der Waals surface area contributed by atoms with Crippen molar-refractivity contribution in [3.63, 3.8) is 0 Å². The van der Waals surface area contributed by atoms with Gasteiger partial charge in [-0.15, -0.1) is 0 Å². The Labute approximate surface area is 100 Å². The Hall–Kier alpha value is -1.07. The van der Waals surface area contributed by atoms with Crippen molar-refractivity contribution in [1.29, 1.82) is 0 Å². The fourth-order valence-corrected chi connectivity index (χ4v) is 2.09. The first-order valence-electron chi connectivity index (χ1n) is 4.33. The minimum Gasteiger partial charge on any atom is -0.485 e. The van der Waals surface area contributed by atoms with Gasteiger partial charge in [0.2, 0.25) is 0 Å². The fraction of sp³-hybridized carbons (Fsp3) is 0.100. The molecule has 5 heteroatoms. The van der Waals surface area contributed by atoms with E-state index >= 15 is 0 Å². The van der Waals surface area contributed by atoms with Crippen LogP contribution in [-0.2, 0) is 6.61 Å². The maximum Gasteiger partial charge on any atom is 0.140 e. The largest absolute Gasteiger partial charge is 0.485 e. The molecule has 0 atom stereocenters. The van der Waals surface area contributed by atoms with Crippen LogP contribution in [0.2, 0.25) is 0 Å². The van der Waals surface area contributed by atoms with Crippen LogP contribution in [0.3, 0.4) is 0 Å². The van der Waals surface area contributed by atoms with E-state index in [1.165, 1.54) is 11.3 Å². The van der Waals surface area contributed by atoms with Gasteiger partial charge < -0.3 is 10.5 Å². The van der Waals surface area contributed by atoms with Crippen molar-refractivity contribution in [2.75, 3.05) is 5.73 Å². The van der Waals surface area contributed by atoms with E-state index in [1.807, 2.05) is 24.3 Å². The average molecular weight is 285 g/mol. The number of nitrogens with zero attached hydrogens (tertiary/aromatic N) is 1. The zero-order valence-corrected chi connectivity index (χ0v) is 10.2. The molecule has 0 bridgehead atoms. The first-order valence-corrected chi connectivity index (χ1v) is 5.94. The molecule has 0 fully saturated rings. The van der Waals surface area contributed by atoms with Crippen molar-refractivity contribution < 1.29 is 4.74 Å². The summed E-state index contributed by atoms with van der Waals surface area (Å²) in [7, 11) is 0. The molecule has 1 heterocycles. The lowest BCUT2D eigenvalue weighted by atomic mass is 10.3. The second kappa shape index (κ2) is 4.63. The topological polar surface area (TPSA) is 48.1 Å². The van der Waals surface area contributed by atoms with Crippen molar-refractivity contribution in [3.8, 4) is 5.75 Å². The van der Waals surface area contributed by atoms with Gasteiger partial charge in [-0.25, -0.2) is 4.98 Å². The van der Waals surface area contributed by atoms with E-state index < -0.39 is 0 Å². The summed E-state index contributed by atoms with van der Waals surface area (Å²) >= 11 is 4.85. The standard InChI is InChI=1S/C10H9BrN2OS/c11-7-3-1-2-4-8(7)14-6-10-13-5-9(12)15-10/h1-5H,6,12H2. The van der Waals surface area contributed by atoms with E-state index in [0.29, 0.717) is 11.6 Å². The number of benzene rings is 1. The maximum atomic E-state index is 5.58. The van der Waals surface area contributed by atoms with Gasteiger partial charge in [-0.05, 0) is 28.1 Å². The predicted molar refractivity (Wildman–Crippen MR) is 65.0 cm³/mol. The van der Waals surface area contributed by atoms with Gasteiger partial charge >= 0.3 is 0 Å². The number of nitrogen functional groups attached to an aromatic ring is 1. The third-order valence-corrected chi connectivity index (χ3v) is 3.21. The number of halogens is 1. The van der Waals surface area contributed by atoms with Crippen LogP contribution in [0.15, 0.2) is 34.9 Å². The Balaban J connectivity index is 2.02. The van der Waals surface area contributed by atoms with E-state index in [0.717, 1.165) is 15.2 Å². The molecule has 1 aromatic heterocycles. The van der Waals surface area contributed by atoms with Gasteiger partial charge in [-0.3, -0.25) is 0 Å². The van der Waals surface area contributed by atoms with Gasteiger partial charge in [0, 0.05) is 0 Å². The fourth-order valence-electron chi connectivity index (χ4n) is 1.09. The van der Waals surface area contributed by atoms with E-state index in [4.69, 9.17) is 10.5 Å². The summed E-state index contributed by atoms with van der Waals surface area (Å²) in [6.07, 6.45) is 1.64. The van der Waals surface area contributed by atoms with Crippen LogP contribution in [-0.4, -0.2) is 4.98 Å². The average Bonchev–Trinajstić information content (AvgIpc) is 2.63. The third kappa shape index (κ3) is 2.70. The molecule has 0 aliphatic carbocycles. The van der Waals surface area contributed by atoms with E-state index in [-0.39, 0.29) is 0 Å². The highest BCUT2D eigenvalue weighted by Gasteiger charge is 2.02. The Morgan fingerprint density at radius 2 is 2.20 bits per heavy atom. The molecule has 3 nitrogen and oxygen atoms in total.